The Hall–Kier alpha value is -3.09. The highest BCUT2D eigenvalue weighted by molar-refractivity contribution is 5.36. The van der Waals surface area contributed by atoms with E-state index in [9.17, 15) is 10.1 Å². The van der Waals surface area contributed by atoms with Crippen LogP contribution in [-0.2, 0) is 24.4 Å². The lowest BCUT2D eigenvalue weighted by Gasteiger charge is -2.30. The first-order chi connectivity index (χ1) is 14.2. The SMILES string of the molecule is O=[N+]([O-])c1cnc2c(c1)COC[C@H]2CN(Cc1ccccc1)Cc1ccccc1. The van der Waals surface area contributed by atoms with Crippen molar-refractivity contribution in [1.29, 1.82) is 0 Å². The van der Waals surface area contributed by atoms with E-state index in [1.165, 1.54) is 17.3 Å². The molecule has 1 aliphatic rings. The first-order valence-corrected chi connectivity index (χ1v) is 9.70. The van der Waals surface area contributed by atoms with Crippen LogP contribution in [0.5, 0.6) is 0 Å². The van der Waals surface area contributed by atoms with E-state index in [1.807, 2.05) is 12.1 Å². The zero-order valence-electron chi connectivity index (χ0n) is 16.1. The molecule has 0 fully saturated rings. The van der Waals surface area contributed by atoms with E-state index in [2.05, 4.69) is 58.4 Å². The number of aromatic nitrogens is 1. The monoisotopic (exact) mass is 389 g/mol. The van der Waals surface area contributed by atoms with E-state index in [-0.39, 0.29) is 11.6 Å². The molecule has 6 heteroatoms. The summed E-state index contributed by atoms with van der Waals surface area (Å²) in [5.41, 5.74) is 4.23. The number of nitro groups is 1. The van der Waals surface area contributed by atoms with Gasteiger partial charge in [-0.2, -0.15) is 0 Å². The molecule has 0 radical (unpaired) electrons. The first kappa shape index (κ1) is 19.2. The number of pyridine rings is 1. The van der Waals surface area contributed by atoms with Gasteiger partial charge in [-0.05, 0) is 11.1 Å². The Bertz CT molecular complexity index is 922. The lowest BCUT2D eigenvalue weighted by molar-refractivity contribution is -0.385. The highest BCUT2D eigenvalue weighted by atomic mass is 16.6. The third kappa shape index (κ3) is 4.85. The Morgan fingerprint density at radius 1 is 1.03 bits per heavy atom. The molecule has 0 saturated heterocycles. The second-order valence-electron chi connectivity index (χ2n) is 7.35. The molecule has 1 aromatic heterocycles. The predicted molar refractivity (Wildman–Crippen MR) is 110 cm³/mol. The molecule has 0 saturated carbocycles. The van der Waals surface area contributed by atoms with Gasteiger partial charge in [-0.3, -0.25) is 20.0 Å². The van der Waals surface area contributed by atoms with Gasteiger partial charge in [0.05, 0.1) is 23.8 Å². The molecule has 0 bridgehead atoms. The molecule has 148 valence electrons. The fraction of sp³-hybridized carbons (Fsp3) is 0.261. The van der Waals surface area contributed by atoms with Crippen LogP contribution in [-0.4, -0.2) is 28.0 Å². The van der Waals surface area contributed by atoms with Crippen molar-refractivity contribution in [3.05, 3.63) is 105 Å². The lowest BCUT2D eigenvalue weighted by Crippen LogP contribution is -2.32. The van der Waals surface area contributed by atoms with E-state index in [0.717, 1.165) is 30.9 Å². The summed E-state index contributed by atoms with van der Waals surface area (Å²) in [6.07, 6.45) is 1.36. The van der Waals surface area contributed by atoms with E-state index in [1.54, 1.807) is 6.07 Å². The molecule has 3 aromatic rings. The number of nitrogens with zero attached hydrogens (tertiary/aromatic N) is 3. The first-order valence-electron chi connectivity index (χ1n) is 9.70. The molecular weight excluding hydrogens is 366 g/mol. The number of fused-ring (bicyclic) bond motifs is 1. The third-order valence-electron chi connectivity index (χ3n) is 5.14. The highest BCUT2D eigenvalue weighted by Crippen LogP contribution is 2.29. The van der Waals surface area contributed by atoms with Crippen molar-refractivity contribution in [2.24, 2.45) is 0 Å². The number of rotatable bonds is 7. The molecular formula is C23H23N3O3. The molecule has 0 aliphatic carbocycles. The van der Waals surface area contributed by atoms with Crippen molar-refractivity contribution in [2.75, 3.05) is 13.2 Å². The van der Waals surface area contributed by atoms with Gasteiger partial charge < -0.3 is 4.74 Å². The maximum Gasteiger partial charge on any atom is 0.287 e. The van der Waals surface area contributed by atoms with Crippen molar-refractivity contribution >= 4 is 5.69 Å². The molecule has 0 spiro atoms. The van der Waals surface area contributed by atoms with Crippen LogP contribution >= 0.6 is 0 Å². The lowest BCUT2D eigenvalue weighted by atomic mass is 9.97. The van der Waals surface area contributed by atoms with Crippen LogP contribution < -0.4 is 0 Å². The molecule has 4 rings (SSSR count). The second kappa shape index (κ2) is 8.94. The van der Waals surface area contributed by atoms with Crippen LogP contribution in [0.25, 0.3) is 0 Å². The minimum atomic E-state index is -0.409. The van der Waals surface area contributed by atoms with Gasteiger partial charge in [0, 0.05) is 37.2 Å². The molecule has 29 heavy (non-hydrogen) atoms. The number of hydrogen-bond donors (Lipinski definition) is 0. The summed E-state index contributed by atoms with van der Waals surface area (Å²) in [7, 11) is 0. The predicted octanol–water partition coefficient (Wildman–Crippen LogP) is 4.31. The minimum Gasteiger partial charge on any atom is -0.376 e. The largest absolute Gasteiger partial charge is 0.376 e. The number of benzene rings is 2. The summed E-state index contributed by atoms with van der Waals surface area (Å²) in [6.45, 7) is 3.33. The third-order valence-corrected chi connectivity index (χ3v) is 5.14. The Labute approximate surface area is 169 Å². The van der Waals surface area contributed by atoms with E-state index in [0.29, 0.717) is 13.2 Å². The Balaban J connectivity index is 1.56. The van der Waals surface area contributed by atoms with Gasteiger partial charge in [0.25, 0.3) is 5.69 Å². The summed E-state index contributed by atoms with van der Waals surface area (Å²) in [4.78, 5) is 17.5. The van der Waals surface area contributed by atoms with Crippen molar-refractivity contribution in [2.45, 2.75) is 25.6 Å². The summed E-state index contributed by atoms with van der Waals surface area (Å²) in [6, 6.07) is 22.4. The summed E-state index contributed by atoms with van der Waals surface area (Å²) in [5.74, 6) is 0.0759. The van der Waals surface area contributed by atoms with Gasteiger partial charge in [-0.1, -0.05) is 60.7 Å². The number of ether oxygens (including phenoxy) is 1. The summed E-state index contributed by atoms with van der Waals surface area (Å²) < 4.78 is 5.76. The summed E-state index contributed by atoms with van der Waals surface area (Å²) in [5, 5.41) is 11.1. The van der Waals surface area contributed by atoms with Gasteiger partial charge in [0.15, 0.2) is 0 Å². The fourth-order valence-electron chi connectivity index (χ4n) is 3.80. The standard InChI is InChI=1S/C23H23N3O3/c27-26(28)22-11-20-16-29-17-21(23(20)24-12-22)15-25(13-18-7-3-1-4-8-18)14-19-9-5-2-6-10-19/h1-12,21H,13-17H2/t21-/m1/s1. The zero-order valence-corrected chi connectivity index (χ0v) is 16.1. The molecule has 1 atom stereocenters. The molecule has 6 nitrogen and oxygen atoms in total. The average Bonchev–Trinajstić information content (AvgIpc) is 2.75. The Morgan fingerprint density at radius 3 is 2.24 bits per heavy atom. The minimum absolute atomic E-state index is 0.0124. The number of hydrogen-bond acceptors (Lipinski definition) is 5. The van der Waals surface area contributed by atoms with Crippen LogP contribution in [0.3, 0.4) is 0 Å². The second-order valence-corrected chi connectivity index (χ2v) is 7.35. The molecule has 0 unspecified atom stereocenters. The van der Waals surface area contributed by atoms with Crippen molar-refractivity contribution in [3.63, 3.8) is 0 Å². The Kier molecular flexibility index (Phi) is 5.93. The molecule has 0 N–H and O–H groups in total. The topological polar surface area (TPSA) is 68.5 Å². The van der Waals surface area contributed by atoms with Gasteiger partial charge in [-0.15, -0.1) is 0 Å². The summed E-state index contributed by atoms with van der Waals surface area (Å²) >= 11 is 0. The van der Waals surface area contributed by atoms with Crippen molar-refractivity contribution in [3.8, 4) is 0 Å². The maximum absolute atomic E-state index is 11.1. The van der Waals surface area contributed by atoms with Crippen LogP contribution in [0, 0.1) is 10.1 Å². The van der Waals surface area contributed by atoms with Crippen LogP contribution in [0.1, 0.15) is 28.3 Å². The molecule has 2 heterocycles. The van der Waals surface area contributed by atoms with Gasteiger partial charge in [-0.25, -0.2) is 0 Å². The van der Waals surface area contributed by atoms with Crippen molar-refractivity contribution < 1.29 is 9.66 Å². The average molecular weight is 389 g/mol. The zero-order chi connectivity index (χ0) is 20.1. The van der Waals surface area contributed by atoms with E-state index >= 15 is 0 Å². The van der Waals surface area contributed by atoms with Crippen LogP contribution in [0.15, 0.2) is 72.9 Å². The van der Waals surface area contributed by atoms with Crippen LogP contribution in [0.2, 0.25) is 0 Å². The fourth-order valence-corrected chi connectivity index (χ4v) is 3.80. The smallest absolute Gasteiger partial charge is 0.287 e. The highest BCUT2D eigenvalue weighted by Gasteiger charge is 2.26. The normalized spacial score (nSPS) is 15.8. The Morgan fingerprint density at radius 2 is 1.66 bits per heavy atom. The maximum atomic E-state index is 11.1. The van der Waals surface area contributed by atoms with Crippen molar-refractivity contribution in [1.82, 2.24) is 9.88 Å². The van der Waals surface area contributed by atoms with Gasteiger partial charge in [0.1, 0.15) is 6.20 Å². The van der Waals surface area contributed by atoms with E-state index in [4.69, 9.17) is 4.74 Å². The quantitative estimate of drug-likeness (QED) is 0.445. The van der Waals surface area contributed by atoms with Gasteiger partial charge >= 0.3 is 0 Å². The van der Waals surface area contributed by atoms with Gasteiger partial charge in [0.2, 0.25) is 0 Å². The molecule has 1 aliphatic heterocycles. The van der Waals surface area contributed by atoms with Crippen LogP contribution in [0.4, 0.5) is 5.69 Å². The molecule has 0 amide bonds. The van der Waals surface area contributed by atoms with E-state index < -0.39 is 4.92 Å². The molecule has 2 aromatic carbocycles.